The summed E-state index contributed by atoms with van der Waals surface area (Å²) in [4.78, 5) is 13.9. The van der Waals surface area contributed by atoms with E-state index in [1.807, 2.05) is 37.3 Å². The maximum absolute atomic E-state index is 12.6. The highest BCUT2D eigenvalue weighted by atomic mass is 32.2. The van der Waals surface area contributed by atoms with Gasteiger partial charge in [-0.15, -0.1) is 21.5 Å². The average molecular weight is 400 g/mol. The van der Waals surface area contributed by atoms with Gasteiger partial charge in [-0.1, -0.05) is 48.2 Å². The minimum atomic E-state index is -0.442. The number of nitrogens with zero attached hydrogens (tertiary/aromatic N) is 3. The molecule has 1 aromatic carbocycles. The first-order valence-corrected chi connectivity index (χ1v) is 10.9. The van der Waals surface area contributed by atoms with Gasteiger partial charge in [0.05, 0.1) is 6.61 Å². The monoisotopic (exact) mass is 399 g/mol. The second-order valence-corrected chi connectivity index (χ2v) is 8.52. The van der Waals surface area contributed by atoms with Gasteiger partial charge in [-0.05, 0) is 36.8 Å². The number of rotatable bonds is 8. The molecule has 0 aliphatic heterocycles. The van der Waals surface area contributed by atoms with Gasteiger partial charge in [0.2, 0.25) is 0 Å². The summed E-state index contributed by atoms with van der Waals surface area (Å²) in [6, 6.07) is 14.4. The molecule has 1 saturated carbocycles. The van der Waals surface area contributed by atoms with Gasteiger partial charge in [0, 0.05) is 17.3 Å². The van der Waals surface area contributed by atoms with Gasteiger partial charge in [0.1, 0.15) is 11.1 Å². The molecule has 140 valence electrons. The summed E-state index contributed by atoms with van der Waals surface area (Å²) in [5.74, 6) is 0.733. The van der Waals surface area contributed by atoms with Crippen molar-refractivity contribution in [1.82, 2.24) is 14.8 Å². The number of hydrogen-bond acceptors (Lipinski definition) is 6. The number of thioether (sulfide) groups is 1. The minimum Gasteiger partial charge on any atom is -0.465 e. The Balaban J connectivity index is 1.63. The first-order chi connectivity index (χ1) is 13.3. The van der Waals surface area contributed by atoms with Gasteiger partial charge in [0.15, 0.2) is 5.16 Å². The van der Waals surface area contributed by atoms with Crippen molar-refractivity contribution < 1.29 is 9.53 Å². The summed E-state index contributed by atoms with van der Waals surface area (Å²) in [6.45, 7) is 2.19. The summed E-state index contributed by atoms with van der Waals surface area (Å²) in [7, 11) is 0. The molecule has 2 aromatic heterocycles. The third-order valence-electron chi connectivity index (χ3n) is 4.39. The van der Waals surface area contributed by atoms with E-state index in [-0.39, 0.29) is 5.97 Å². The molecule has 0 N–H and O–H groups in total. The maximum Gasteiger partial charge on any atom is 0.324 e. The minimum absolute atomic E-state index is 0.237. The predicted octanol–water partition coefficient (Wildman–Crippen LogP) is 4.66. The van der Waals surface area contributed by atoms with E-state index in [0.717, 1.165) is 35.8 Å². The number of thiophene rings is 1. The van der Waals surface area contributed by atoms with Crippen LogP contribution in [0.25, 0.3) is 0 Å². The summed E-state index contributed by atoms with van der Waals surface area (Å²) in [6.07, 6.45) is 3.05. The lowest BCUT2D eigenvalue weighted by Gasteiger charge is -2.16. The lowest BCUT2D eigenvalue weighted by molar-refractivity contribution is -0.142. The summed E-state index contributed by atoms with van der Waals surface area (Å²) in [5, 5.41) is 11.3. The van der Waals surface area contributed by atoms with E-state index >= 15 is 0 Å². The Morgan fingerprint density at radius 1 is 1.26 bits per heavy atom. The van der Waals surface area contributed by atoms with E-state index in [1.165, 1.54) is 16.6 Å². The Kier molecular flexibility index (Phi) is 5.59. The van der Waals surface area contributed by atoms with Gasteiger partial charge >= 0.3 is 5.97 Å². The molecule has 4 rings (SSSR count). The highest BCUT2D eigenvalue weighted by Crippen LogP contribution is 2.43. The van der Waals surface area contributed by atoms with E-state index in [0.29, 0.717) is 12.6 Å². The van der Waals surface area contributed by atoms with Crippen LogP contribution in [-0.2, 0) is 16.0 Å². The van der Waals surface area contributed by atoms with Crippen LogP contribution < -0.4 is 0 Å². The zero-order valence-corrected chi connectivity index (χ0v) is 16.7. The molecule has 1 atom stereocenters. The van der Waals surface area contributed by atoms with Crippen molar-refractivity contribution in [2.75, 3.05) is 6.61 Å². The van der Waals surface area contributed by atoms with Crippen molar-refractivity contribution in [3.8, 4) is 0 Å². The second kappa shape index (κ2) is 8.27. The standard InChI is InChI=1S/C20H21N3O2S2/c1-2-25-19(24)18(14-7-4-3-5-8-14)27-20-22-21-17(23(20)15-10-11-15)13-16-9-6-12-26-16/h3-9,12,15,18H,2,10-11,13H2,1H3/t18-/m0/s1. The molecule has 27 heavy (non-hydrogen) atoms. The Morgan fingerprint density at radius 3 is 2.74 bits per heavy atom. The highest BCUT2D eigenvalue weighted by Gasteiger charge is 2.33. The van der Waals surface area contributed by atoms with E-state index in [4.69, 9.17) is 4.74 Å². The van der Waals surface area contributed by atoms with E-state index in [2.05, 4.69) is 32.3 Å². The van der Waals surface area contributed by atoms with Crippen LogP contribution in [0.15, 0.2) is 53.0 Å². The van der Waals surface area contributed by atoms with Crippen LogP contribution in [0.4, 0.5) is 0 Å². The zero-order valence-electron chi connectivity index (χ0n) is 15.1. The molecule has 0 radical (unpaired) electrons. The molecule has 2 heterocycles. The molecule has 1 aliphatic rings. The lowest BCUT2D eigenvalue weighted by Crippen LogP contribution is -2.14. The van der Waals surface area contributed by atoms with Crippen LogP contribution >= 0.6 is 23.1 Å². The molecule has 7 heteroatoms. The van der Waals surface area contributed by atoms with Gasteiger partial charge in [0.25, 0.3) is 0 Å². The molecule has 0 amide bonds. The Labute approximate surface area is 166 Å². The fraction of sp³-hybridized carbons (Fsp3) is 0.350. The van der Waals surface area contributed by atoms with Gasteiger partial charge < -0.3 is 9.30 Å². The largest absolute Gasteiger partial charge is 0.465 e. The second-order valence-electron chi connectivity index (χ2n) is 6.42. The first kappa shape index (κ1) is 18.3. The summed E-state index contributed by atoms with van der Waals surface area (Å²) >= 11 is 3.16. The number of esters is 1. The lowest BCUT2D eigenvalue weighted by atomic mass is 10.1. The Hall–Kier alpha value is -2.12. The molecule has 0 bridgehead atoms. The quantitative estimate of drug-likeness (QED) is 0.407. The van der Waals surface area contributed by atoms with Crippen LogP contribution in [0, 0.1) is 0 Å². The fourth-order valence-electron chi connectivity index (χ4n) is 2.98. The van der Waals surface area contributed by atoms with Crippen molar-refractivity contribution in [1.29, 1.82) is 0 Å². The van der Waals surface area contributed by atoms with E-state index in [9.17, 15) is 4.79 Å². The fourth-order valence-corrected chi connectivity index (χ4v) is 4.81. The van der Waals surface area contributed by atoms with Crippen LogP contribution in [0.3, 0.4) is 0 Å². The van der Waals surface area contributed by atoms with Crippen LogP contribution in [0.1, 0.15) is 47.3 Å². The molecule has 5 nitrogen and oxygen atoms in total. The summed E-state index contributed by atoms with van der Waals surface area (Å²) < 4.78 is 7.54. The predicted molar refractivity (Wildman–Crippen MR) is 107 cm³/mol. The average Bonchev–Trinajstić information content (AvgIpc) is 3.24. The van der Waals surface area contributed by atoms with E-state index in [1.54, 1.807) is 11.3 Å². The molecule has 1 fully saturated rings. The first-order valence-electron chi connectivity index (χ1n) is 9.10. The number of ether oxygens (including phenoxy) is 1. The topological polar surface area (TPSA) is 57.0 Å². The van der Waals surface area contributed by atoms with Crippen LogP contribution in [0.2, 0.25) is 0 Å². The number of aromatic nitrogens is 3. The Bertz CT molecular complexity index is 889. The molecule has 0 unspecified atom stereocenters. The van der Waals surface area contributed by atoms with Crippen molar-refractivity contribution >= 4 is 29.1 Å². The Morgan fingerprint density at radius 2 is 2.07 bits per heavy atom. The molecular formula is C20H21N3O2S2. The molecule has 0 saturated heterocycles. The van der Waals surface area contributed by atoms with Gasteiger partial charge in [-0.3, -0.25) is 4.79 Å². The van der Waals surface area contributed by atoms with Crippen molar-refractivity contribution in [2.45, 2.75) is 42.6 Å². The van der Waals surface area contributed by atoms with Crippen molar-refractivity contribution in [3.63, 3.8) is 0 Å². The maximum atomic E-state index is 12.6. The number of carbonyl (C=O) groups excluding carboxylic acids is 1. The summed E-state index contributed by atoms with van der Waals surface area (Å²) in [5.41, 5.74) is 0.922. The number of hydrogen-bond donors (Lipinski definition) is 0. The van der Waals surface area contributed by atoms with Gasteiger partial charge in [-0.25, -0.2) is 0 Å². The zero-order chi connectivity index (χ0) is 18.6. The molecule has 3 aromatic rings. The number of carbonyl (C=O) groups is 1. The van der Waals surface area contributed by atoms with Crippen molar-refractivity contribution in [2.24, 2.45) is 0 Å². The number of benzene rings is 1. The molecular weight excluding hydrogens is 378 g/mol. The van der Waals surface area contributed by atoms with E-state index < -0.39 is 5.25 Å². The smallest absolute Gasteiger partial charge is 0.324 e. The van der Waals surface area contributed by atoms with Crippen molar-refractivity contribution in [3.05, 3.63) is 64.1 Å². The SMILES string of the molecule is CCOC(=O)[C@@H](Sc1nnc(Cc2cccs2)n1C1CC1)c1ccccc1. The molecule has 0 spiro atoms. The molecule has 1 aliphatic carbocycles. The third kappa shape index (κ3) is 4.25. The third-order valence-corrected chi connectivity index (χ3v) is 6.45. The van der Waals surface area contributed by atoms with Gasteiger partial charge in [-0.2, -0.15) is 0 Å². The highest BCUT2D eigenvalue weighted by molar-refractivity contribution is 8.00. The van der Waals surface area contributed by atoms with Crippen LogP contribution in [-0.4, -0.2) is 27.3 Å². The van der Waals surface area contributed by atoms with Crippen LogP contribution in [0.5, 0.6) is 0 Å². The normalized spacial score (nSPS) is 14.9.